The number of halogens is 3. The van der Waals surface area contributed by atoms with Crippen LogP contribution in [0.15, 0.2) is 54.6 Å². The first-order valence-corrected chi connectivity index (χ1v) is 11.6. The van der Waals surface area contributed by atoms with E-state index in [0.717, 1.165) is 17.8 Å². The molecule has 196 valence electrons. The number of alkyl halides is 3. The van der Waals surface area contributed by atoms with Crippen LogP contribution in [0.3, 0.4) is 0 Å². The molecule has 0 aliphatic carbocycles. The van der Waals surface area contributed by atoms with E-state index in [4.69, 9.17) is 10.1 Å². The first-order valence-electron chi connectivity index (χ1n) is 11.6. The Morgan fingerprint density at radius 1 is 1.16 bits per heavy atom. The van der Waals surface area contributed by atoms with Crippen molar-refractivity contribution in [3.05, 3.63) is 71.4 Å². The predicted octanol–water partition coefficient (Wildman–Crippen LogP) is 5.10. The average Bonchev–Trinajstić information content (AvgIpc) is 2.86. The minimum atomic E-state index is -4.53. The van der Waals surface area contributed by atoms with Crippen molar-refractivity contribution >= 4 is 28.9 Å². The molecule has 3 aromatic rings. The van der Waals surface area contributed by atoms with Crippen LogP contribution in [0.1, 0.15) is 35.5 Å². The molecule has 2 aromatic carbocycles. The molecule has 0 spiro atoms. The fourth-order valence-electron chi connectivity index (χ4n) is 3.79. The Kier molecular flexibility index (Phi) is 8.67. The van der Waals surface area contributed by atoms with Crippen molar-refractivity contribution in [2.24, 2.45) is 5.92 Å². The summed E-state index contributed by atoms with van der Waals surface area (Å²) in [6, 6.07) is 13.5. The van der Waals surface area contributed by atoms with Gasteiger partial charge in [0.2, 0.25) is 5.82 Å². The van der Waals surface area contributed by atoms with Crippen molar-refractivity contribution in [2.45, 2.75) is 20.0 Å². The lowest BCUT2D eigenvalue weighted by Gasteiger charge is -2.20. The highest BCUT2D eigenvalue weighted by atomic mass is 19.4. The van der Waals surface area contributed by atoms with Gasteiger partial charge in [0.05, 0.1) is 17.7 Å². The molecule has 1 heterocycles. The van der Waals surface area contributed by atoms with Gasteiger partial charge in [0.1, 0.15) is 5.69 Å². The van der Waals surface area contributed by atoms with Crippen molar-refractivity contribution in [2.75, 3.05) is 32.2 Å². The summed E-state index contributed by atoms with van der Waals surface area (Å²) in [5.74, 6) is -1.41. The van der Waals surface area contributed by atoms with Gasteiger partial charge in [0, 0.05) is 43.7 Å². The number of carbonyl (C=O) groups is 1. The number of carboxylic acid groups (broad SMARTS) is 1. The fourth-order valence-corrected chi connectivity index (χ4v) is 3.79. The van der Waals surface area contributed by atoms with Crippen molar-refractivity contribution in [1.29, 1.82) is 5.41 Å². The first kappa shape index (κ1) is 27.8. The summed E-state index contributed by atoms with van der Waals surface area (Å²) in [7, 11) is 3.55. The van der Waals surface area contributed by atoms with Gasteiger partial charge < -0.3 is 20.2 Å². The summed E-state index contributed by atoms with van der Waals surface area (Å²) in [5.41, 5.74) is 1.72. The van der Waals surface area contributed by atoms with E-state index in [1.807, 2.05) is 50.1 Å². The summed E-state index contributed by atoms with van der Waals surface area (Å²) in [4.78, 5) is 18.2. The second kappa shape index (κ2) is 11.5. The maximum Gasteiger partial charge on any atom is 0.416 e. The van der Waals surface area contributed by atoms with Gasteiger partial charge in [-0.05, 0) is 41.8 Å². The Hall–Kier alpha value is -3.76. The molecule has 0 radical (unpaired) electrons. The third-order valence-corrected chi connectivity index (χ3v) is 5.88. The van der Waals surface area contributed by atoms with Crippen LogP contribution in [0, 0.1) is 11.3 Å². The number of carboxylic acids is 1. The third kappa shape index (κ3) is 6.72. The zero-order valence-electron chi connectivity index (χ0n) is 21.1. The zero-order valence-corrected chi connectivity index (χ0v) is 21.1. The van der Waals surface area contributed by atoms with E-state index in [9.17, 15) is 23.1 Å². The summed E-state index contributed by atoms with van der Waals surface area (Å²) in [5, 5.41) is 19.9. The molecule has 0 unspecified atom stereocenters. The van der Waals surface area contributed by atoms with Crippen LogP contribution in [-0.2, 0) is 10.9 Å². The first-order chi connectivity index (χ1) is 17.4. The number of aromatic carboxylic acids is 1. The molecule has 7 nitrogen and oxygen atoms in total. The van der Waals surface area contributed by atoms with Crippen LogP contribution >= 0.6 is 0 Å². The summed E-state index contributed by atoms with van der Waals surface area (Å²) in [6.45, 7) is 4.86. The highest BCUT2D eigenvalue weighted by Gasteiger charge is 2.31. The van der Waals surface area contributed by atoms with Gasteiger partial charge in [-0.25, -0.2) is 4.79 Å². The van der Waals surface area contributed by atoms with Crippen molar-refractivity contribution < 1.29 is 33.1 Å². The molecule has 1 aromatic heterocycles. The number of aromatic nitrogens is 1. The van der Waals surface area contributed by atoms with E-state index in [1.165, 1.54) is 23.5 Å². The maximum absolute atomic E-state index is 13.3. The number of nitrogens with two attached hydrogens (primary N) is 1. The highest BCUT2D eigenvalue weighted by Crippen LogP contribution is 2.33. The summed E-state index contributed by atoms with van der Waals surface area (Å²) in [6.07, 6.45) is -4.53. The fraction of sp³-hybridized carbons (Fsp3) is 0.296. The average molecular weight is 516 g/mol. The molecule has 4 N–H and O–H groups in total. The summed E-state index contributed by atoms with van der Waals surface area (Å²) < 4.78 is 45.0. The molecule has 0 saturated heterocycles. The number of hydrogen-bond acceptors (Lipinski definition) is 5. The molecule has 0 fully saturated rings. The molecule has 3 rings (SSSR count). The van der Waals surface area contributed by atoms with Gasteiger partial charge in [0.25, 0.3) is 0 Å². The Bertz CT molecular complexity index is 1270. The normalized spacial score (nSPS) is 11.6. The molecular weight excluding hydrogens is 485 g/mol. The number of likely N-dealkylation sites (N-methyl/N-ethyl adjacent to an activating group) is 1. The quantitative estimate of drug-likeness (QED) is 0.258. The van der Waals surface area contributed by atoms with Crippen molar-refractivity contribution in [1.82, 2.24) is 4.98 Å². The minimum Gasteiger partial charge on any atom is -0.477 e. The van der Waals surface area contributed by atoms with Crippen LogP contribution in [0.5, 0.6) is 0 Å². The number of quaternary nitrogens is 1. The zero-order chi connectivity index (χ0) is 27.3. The lowest BCUT2D eigenvalue weighted by atomic mass is 9.91. The lowest BCUT2D eigenvalue weighted by Crippen LogP contribution is -2.72. The van der Waals surface area contributed by atoms with Gasteiger partial charge in [-0.2, -0.15) is 18.2 Å². The molecule has 0 saturated carbocycles. The predicted molar refractivity (Wildman–Crippen MR) is 136 cm³/mol. The minimum absolute atomic E-state index is 0.120. The van der Waals surface area contributed by atoms with Crippen LogP contribution < -0.4 is 10.2 Å². The number of nitrogens with zero attached hydrogens (tertiary/aromatic N) is 2. The Balaban J connectivity index is 2.16. The van der Waals surface area contributed by atoms with E-state index < -0.39 is 17.7 Å². The number of methoxy groups -OCH3 is 1. The second-order valence-electron chi connectivity index (χ2n) is 8.92. The molecule has 0 atom stereocenters. The molecule has 0 aliphatic rings. The van der Waals surface area contributed by atoms with E-state index in [1.54, 1.807) is 7.11 Å². The Morgan fingerprint density at radius 3 is 2.41 bits per heavy atom. The molecular formula is C27H30F3N4O3+. The SMILES string of the molecule is COCCN(C)c1ccc(-c2cc(C(=O)O)nc([NH2+]c3cccc(C(F)(F)F)c3)c2C(=N)C(C)C)cc1. The topological polar surface area (TPSA) is 103 Å². The molecule has 37 heavy (non-hydrogen) atoms. The Labute approximate surface area is 213 Å². The summed E-state index contributed by atoms with van der Waals surface area (Å²) >= 11 is 0. The number of pyridine rings is 1. The smallest absolute Gasteiger partial charge is 0.416 e. The molecule has 0 aliphatic heterocycles. The van der Waals surface area contributed by atoms with Gasteiger partial charge >= 0.3 is 12.1 Å². The standard InChI is InChI=1S/C27H29F3N4O3/c1-16(2)24(31)23-21(17-8-10-20(11-9-17)34(3)12-13-37-4)15-22(26(35)36)33-25(23)32-19-7-5-6-18(14-19)27(28,29)30/h5-11,14-16,31H,12-13H2,1-4H3,(H,32,33)(H,35,36)/p+1. The maximum atomic E-state index is 13.3. The van der Waals surface area contributed by atoms with Gasteiger partial charge in [-0.1, -0.05) is 32.0 Å². The van der Waals surface area contributed by atoms with Gasteiger partial charge in [-0.3, -0.25) is 5.32 Å². The molecule has 0 bridgehead atoms. The van der Waals surface area contributed by atoms with E-state index >= 15 is 0 Å². The van der Waals surface area contributed by atoms with Crippen LogP contribution in [0.4, 0.5) is 30.4 Å². The highest BCUT2D eigenvalue weighted by molar-refractivity contribution is 6.08. The molecule has 10 heteroatoms. The number of hydrogen-bond donors (Lipinski definition) is 3. The Morgan fingerprint density at radius 2 is 1.84 bits per heavy atom. The van der Waals surface area contributed by atoms with Gasteiger partial charge in [0.15, 0.2) is 5.69 Å². The van der Waals surface area contributed by atoms with Crippen LogP contribution in [0.25, 0.3) is 11.1 Å². The van der Waals surface area contributed by atoms with Crippen molar-refractivity contribution in [3.8, 4) is 11.1 Å². The van der Waals surface area contributed by atoms with Crippen molar-refractivity contribution in [3.63, 3.8) is 0 Å². The van der Waals surface area contributed by atoms with E-state index in [-0.39, 0.29) is 28.8 Å². The number of benzene rings is 2. The second-order valence-corrected chi connectivity index (χ2v) is 8.92. The number of rotatable bonds is 10. The number of nitrogens with one attached hydrogen (secondary N) is 1. The van der Waals surface area contributed by atoms with Crippen LogP contribution in [0.2, 0.25) is 0 Å². The lowest BCUT2D eigenvalue weighted by molar-refractivity contribution is -0.483. The van der Waals surface area contributed by atoms with E-state index in [2.05, 4.69) is 4.98 Å². The molecule has 0 amide bonds. The number of anilines is 1. The monoisotopic (exact) mass is 515 g/mol. The van der Waals surface area contributed by atoms with Crippen LogP contribution in [-0.4, -0.2) is 49.1 Å². The number of ether oxygens (including phenoxy) is 1. The van der Waals surface area contributed by atoms with E-state index in [0.29, 0.717) is 29.8 Å². The van der Waals surface area contributed by atoms with Gasteiger partial charge in [-0.15, -0.1) is 0 Å². The largest absolute Gasteiger partial charge is 0.477 e. The third-order valence-electron chi connectivity index (χ3n) is 5.88.